The third kappa shape index (κ3) is 4.37. The summed E-state index contributed by atoms with van der Waals surface area (Å²) in [6.45, 7) is 4.58. The Morgan fingerprint density at radius 1 is 0.569 bits per heavy atom. The summed E-state index contributed by atoms with van der Waals surface area (Å²) in [7, 11) is 0. The van der Waals surface area contributed by atoms with E-state index in [1.54, 1.807) is 11.8 Å². The number of benzene rings is 7. The minimum atomic E-state index is 0.486. The van der Waals surface area contributed by atoms with Gasteiger partial charge in [-0.25, -0.2) is 0 Å². The summed E-state index contributed by atoms with van der Waals surface area (Å²) in [6.07, 6.45) is 0. The number of hydrogen-bond acceptors (Lipinski definition) is 5. The molecule has 0 aliphatic carbocycles. The van der Waals surface area contributed by atoms with Gasteiger partial charge in [-0.05, 0) is 54.6 Å². The number of aliphatic imine (C=N–C) groups is 2. The van der Waals surface area contributed by atoms with Crippen molar-refractivity contribution in [2.24, 2.45) is 9.98 Å². The molecule has 51 heavy (non-hydrogen) atoms. The molecule has 240 valence electrons. The van der Waals surface area contributed by atoms with Gasteiger partial charge in [-0.3, -0.25) is 9.98 Å². The highest BCUT2D eigenvalue weighted by molar-refractivity contribution is 8.15. The summed E-state index contributed by atoms with van der Waals surface area (Å²) in [5, 5.41) is 11.2. The normalized spacial score (nSPS) is 15.0. The minimum absolute atomic E-state index is 0.486. The van der Waals surface area contributed by atoms with Crippen molar-refractivity contribution in [1.29, 1.82) is 0 Å². The van der Waals surface area contributed by atoms with Gasteiger partial charge in [0.05, 0.1) is 16.7 Å². The summed E-state index contributed by atoms with van der Waals surface area (Å²) < 4.78 is 7.59. The van der Waals surface area contributed by atoms with Crippen LogP contribution in [0, 0.1) is 0 Å². The molecule has 0 N–H and O–H groups in total. The van der Waals surface area contributed by atoms with E-state index in [0.29, 0.717) is 6.67 Å². The van der Waals surface area contributed by atoms with Crippen LogP contribution in [0.4, 0.5) is 0 Å². The van der Waals surface area contributed by atoms with E-state index in [1.807, 2.05) is 22.7 Å². The summed E-state index contributed by atoms with van der Waals surface area (Å²) in [4.78, 5) is 11.3. The molecule has 0 spiro atoms. The molecule has 0 amide bonds. The zero-order chi connectivity index (χ0) is 33.6. The maximum absolute atomic E-state index is 5.41. The van der Waals surface area contributed by atoms with Gasteiger partial charge >= 0.3 is 0 Å². The first-order valence-corrected chi connectivity index (χ1v) is 19.4. The summed E-state index contributed by atoms with van der Waals surface area (Å²) >= 11 is 5.43. The van der Waals surface area contributed by atoms with Crippen molar-refractivity contribution < 1.29 is 0 Å². The Labute approximate surface area is 305 Å². The molecule has 4 heterocycles. The first-order valence-electron chi connectivity index (χ1n) is 16.9. The third-order valence-corrected chi connectivity index (χ3v) is 13.7. The molecule has 0 radical (unpaired) electrons. The Balaban J connectivity index is 1.09. The topological polar surface area (TPSA) is 29.6 Å². The molecule has 6 heteroatoms. The maximum Gasteiger partial charge on any atom is 0.116 e. The molecule has 0 bridgehead atoms. The molecule has 10 aromatic rings. The van der Waals surface area contributed by atoms with Crippen LogP contribution in [0.1, 0.15) is 11.1 Å². The van der Waals surface area contributed by atoms with E-state index in [-0.39, 0.29) is 0 Å². The summed E-state index contributed by atoms with van der Waals surface area (Å²) in [6, 6.07) is 50.7. The molecule has 3 nitrogen and oxygen atoms in total. The van der Waals surface area contributed by atoms with Crippen LogP contribution in [-0.2, 0) is 6.67 Å². The van der Waals surface area contributed by atoms with Gasteiger partial charge in [0.15, 0.2) is 0 Å². The lowest BCUT2D eigenvalue weighted by Crippen LogP contribution is -2.00. The Morgan fingerprint density at radius 2 is 1.27 bits per heavy atom. The number of nitrogens with zero attached hydrogens (tertiary/aromatic N) is 3. The molecular weight excluding hydrogens is 679 g/mol. The van der Waals surface area contributed by atoms with E-state index < -0.39 is 0 Å². The van der Waals surface area contributed by atoms with E-state index in [9.17, 15) is 0 Å². The quantitative estimate of drug-likeness (QED) is 0.168. The summed E-state index contributed by atoms with van der Waals surface area (Å²) in [5.41, 5.74) is 6.50. The molecule has 11 rings (SSSR count). The first-order chi connectivity index (χ1) is 25.2. The molecule has 0 atom stereocenters. The lowest BCUT2D eigenvalue weighted by atomic mass is 9.99. The van der Waals surface area contributed by atoms with Crippen molar-refractivity contribution in [3.05, 3.63) is 151 Å². The average Bonchev–Trinajstić information content (AvgIpc) is 3.92. The van der Waals surface area contributed by atoms with E-state index in [2.05, 4.69) is 151 Å². The third-order valence-electron chi connectivity index (χ3n) is 10.2. The molecule has 1 aliphatic heterocycles. The van der Waals surface area contributed by atoms with Crippen LogP contribution in [0.15, 0.2) is 154 Å². The molecule has 3 aromatic heterocycles. The summed E-state index contributed by atoms with van der Waals surface area (Å²) in [5.74, 6) is 0. The number of rotatable bonds is 4. The largest absolute Gasteiger partial charge is 0.320 e. The van der Waals surface area contributed by atoms with Gasteiger partial charge in [-0.15, -0.1) is 22.7 Å². The minimum Gasteiger partial charge on any atom is -0.320 e. The lowest BCUT2D eigenvalue weighted by Gasteiger charge is -2.10. The van der Waals surface area contributed by atoms with Gasteiger partial charge in [0, 0.05) is 78.1 Å². The van der Waals surface area contributed by atoms with Crippen molar-refractivity contribution >= 4 is 130 Å². The fraction of sp³-hybridized carbons (Fsp3) is 0.0222. The number of fused-ring (bicyclic) bond motifs is 12. The predicted molar refractivity (Wildman–Crippen MR) is 225 cm³/mol. The molecule has 1 aliphatic rings. The number of thiophene rings is 2. The van der Waals surface area contributed by atoms with Gasteiger partial charge in [-0.1, -0.05) is 109 Å². The van der Waals surface area contributed by atoms with Crippen LogP contribution < -0.4 is 0 Å². The standard InChI is InChI=1S/C45H27N3S3/c1-46-43(27-19-20-31-29-11-3-7-15-38(29)49-41(31)23-27)42-33-13-5-9-17-40(33)51-45(42)47-25-48-36-14-6-2-10-28(36)35-24-34-26(22-37(35)48)18-21-32-30-12-4-8-16-39(30)50-44(32)34/h2-24H,1,25H2/b43-42-,47-45+. The van der Waals surface area contributed by atoms with E-state index in [0.717, 1.165) is 27.4 Å². The molecule has 0 saturated heterocycles. The lowest BCUT2D eigenvalue weighted by molar-refractivity contribution is 0.796. The molecule has 7 aromatic carbocycles. The second-order valence-electron chi connectivity index (χ2n) is 13.0. The zero-order valence-electron chi connectivity index (χ0n) is 27.3. The Kier molecular flexibility index (Phi) is 6.44. The van der Waals surface area contributed by atoms with Crippen LogP contribution in [0.25, 0.3) is 84.2 Å². The van der Waals surface area contributed by atoms with Gasteiger partial charge < -0.3 is 4.57 Å². The van der Waals surface area contributed by atoms with Crippen LogP contribution >= 0.6 is 34.4 Å². The Hall–Kier alpha value is -5.53. The number of aromatic nitrogens is 1. The smallest absolute Gasteiger partial charge is 0.116 e. The van der Waals surface area contributed by atoms with Gasteiger partial charge in [-0.2, -0.15) is 0 Å². The van der Waals surface area contributed by atoms with E-state index >= 15 is 0 Å². The van der Waals surface area contributed by atoms with Crippen LogP contribution in [0.3, 0.4) is 0 Å². The number of para-hydroxylation sites is 1. The maximum atomic E-state index is 5.41. The number of thioether (sulfide) groups is 1. The second-order valence-corrected chi connectivity index (χ2v) is 16.1. The second kappa shape index (κ2) is 11.2. The van der Waals surface area contributed by atoms with Crippen LogP contribution in [0.5, 0.6) is 0 Å². The zero-order valence-corrected chi connectivity index (χ0v) is 29.7. The van der Waals surface area contributed by atoms with Crippen molar-refractivity contribution in [3.63, 3.8) is 0 Å². The van der Waals surface area contributed by atoms with Crippen molar-refractivity contribution in [2.45, 2.75) is 11.6 Å². The molecule has 0 saturated carbocycles. The van der Waals surface area contributed by atoms with Crippen molar-refractivity contribution in [3.8, 4) is 0 Å². The van der Waals surface area contributed by atoms with Crippen molar-refractivity contribution in [2.75, 3.05) is 0 Å². The highest BCUT2D eigenvalue weighted by Gasteiger charge is 2.28. The molecule has 0 unspecified atom stereocenters. The fourth-order valence-corrected chi connectivity index (χ4v) is 11.3. The highest BCUT2D eigenvalue weighted by Crippen LogP contribution is 2.47. The monoisotopic (exact) mass is 705 g/mol. The van der Waals surface area contributed by atoms with Crippen LogP contribution in [0.2, 0.25) is 0 Å². The Morgan fingerprint density at radius 3 is 2.14 bits per heavy atom. The average molecular weight is 706 g/mol. The van der Waals surface area contributed by atoms with Gasteiger partial charge in [0.2, 0.25) is 0 Å². The van der Waals surface area contributed by atoms with E-state index in [4.69, 9.17) is 9.98 Å². The van der Waals surface area contributed by atoms with Crippen LogP contribution in [-0.4, -0.2) is 16.3 Å². The molecular formula is C45H27N3S3. The predicted octanol–water partition coefficient (Wildman–Crippen LogP) is 13.4. The number of hydrogen-bond donors (Lipinski definition) is 0. The van der Waals surface area contributed by atoms with Gasteiger partial charge in [0.25, 0.3) is 0 Å². The van der Waals surface area contributed by atoms with Crippen molar-refractivity contribution in [1.82, 2.24) is 4.57 Å². The van der Waals surface area contributed by atoms with E-state index in [1.165, 1.54) is 77.8 Å². The SMILES string of the molecule is C=N/C(=C1\C(=N/Cn2c3ccccc3c3cc4c(ccc5c6ccccc6sc45)cc32)Sc2ccccc21)c1ccc2c(c1)sc1ccccc12. The molecule has 0 fully saturated rings. The first kappa shape index (κ1) is 29.2. The highest BCUT2D eigenvalue weighted by atomic mass is 32.2. The van der Waals surface area contributed by atoms with Gasteiger partial charge in [0.1, 0.15) is 11.7 Å². The Bertz CT molecular complexity index is 3170. The fourth-order valence-electron chi connectivity index (χ4n) is 7.90.